The predicted octanol–water partition coefficient (Wildman–Crippen LogP) is 6.75. The number of rotatable bonds is 5. The first-order chi connectivity index (χ1) is 19.3. The van der Waals surface area contributed by atoms with Gasteiger partial charge in [0.05, 0.1) is 22.0 Å². The number of ketones is 1. The molecule has 0 bridgehead atoms. The second kappa shape index (κ2) is 9.77. The number of fused-ring (bicyclic) bond motifs is 2. The van der Waals surface area contributed by atoms with E-state index in [1.54, 1.807) is 17.1 Å². The molecule has 40 heavy (non-hydrogen) atoms. The van der Waals surface area contributed by atoms with Crippen LogP contribution in [0.25, 0.3) is 0 Å². The number of anilines is 2. The molecule has 8 nitrogen and oxygen atoms in total. The summed E-state index contributed by atoms with van der Waals surface area (Å²) < 4.78 is 0. The lowest BCUT2D eigenvalue weighted by molar-refractivity contribution is -0.384. The van der Waals surface area contributed by atoms with E-state index >= 15 is 0 Å². The second-order valence-corrected chi connectivity index (χ2v) is 10.9. The maximum atomic E-state index is 12.8. The van der Waals surface area contributed by atoms with Gasteiger partial charge in [-0.2, -0.15) is 10.2 Å². The van der Waals surface area contributed by atoms with E-state index in [0.717, 1.165) is 39.2 Å². The van der Waals surface area contributed by atoms with Crippen molar-refractivity contribution in [1.82, 2.24) is 0 Å². The number of nitrogens with zero attached hydrogens (tertiary/aromatic N) is 5. The van der Waals surface area contributed by atoms with Crippen LogP contribution in [-0.2, 0) is 9.79 Å². The van der Waals surface area contributed by atoms with E-state index in [1.807, 2.05) is 59.6 Å². The summed E-state index contributed by atoms with van der Waals surface area (Å²) in [6, 6.07) is 30.3. The number of nitro benzene ring substituents is 1. The fourth-order valence-electron chi connectivity index (χ4n) is 5.05. The molecule has 2 aliphatic heterocycles. The second-order valence-electron chi connectivity index (χ2n) is 9.72. The third-order valence-corrected chi connectivity index (χ3v) is 8.41. The quantitative estimate of drug-likeness (QED) is 0.203. The zero-order chi connectivity index (χ0) is 28.0. The molecule has 0 saturated heterocycles. The summed E-state index contributed by atoms with van der Waals surface area (Å²) in [4.78, 5) is 22.6. The molecular formula is C31H25N5O3S. The Hall–Kier alpha value is -4.76. The molecule has 0 aromatic heterocycles. The summed E-state index contributed by atoms with van der Waals surface area (Å²) in [5.41, 5.74) is 7.23. The van der Waals surface area contributed by atoms with Crippen molar-refractivity contribution < 1.29 is 9.72 Å². The lowest BCUT2D eigenvalue weighted by Crippen LogP contribution is -2.54. The molecule has 0 radical (unpaired) electrons. The van der Waals surface area contributed by atoms with Gasteiger partial charge in [0, 0.05) is 35.7 Å². The summed E-state index contributed by atoms with van der Waals surface area (Å²) in [6.45, 7) is 5.62. The Morgan fingerprint density at radius 2 is 1.48 bits per heavy atom. The van der Waals surface area contributed by atoms with Crippen molar-refractivity contribution in [3.8, 4) is 0 Å². The number of para-hydroxylation sites is 1. The third-order valence-electron chi connectivity index (χ3n) is 6.99. The Balaban J connectivity index is 1.66. The van der Waals surface area contributed by atoms with E-state index in [1.165, 1.54) is 30.8 Å². The van der Waals surface area contributed by atoms with Gasteiger partial charge in [0.25, 0.3) is 5.69 Å². The van der Waals surface area contributed by atoms with Crippen molar-refractivity contribution in [3.05, 3.63) is 135 Å². The molecule has 9 heteroatoms. The minimum absolute atomic E-state index is 0.0281. The van der Waals surface area contributed by atoms with Crippen molar-refractivity contribution in [1.29, 1.82) is 0 Å². The maximum Gasteiger partial charge on any atom is 0.269 e. The number of thioether (sulfide) groups is 1. The van der Waals surface area contributed by atoms with Crippen molar-refractivity contribution in [2.75, 3.05) is 10.0 Å². The molecule has 0 N–H and O–H groups in total. The molecule has 0 amide bonds. The van der Waals surface area contributed by atoms with Gasteiger partial charge >= 0.3 is 0 Å². The summed E-state index contributed by atoms with van der Waals surface area (Å²) in [5.74, 6) is -0.177. The highest BCUT2D eigenvalue weighted by Gasteiger charge is 2.56. The first-order valence-electron chi connectivity index (χ1n) is 12.7. The third kappa shape index (κ3) is 4.06. The zero-order valence-electron chi connectivity index (χ0n) is 22.1. The molecule has 4 aromatic rings. The number of Topliss-reactive ketones (excluding diaryl/α,β-unsaturated/α-hetero) is 1. The zero-order valence-corrected chi connectivity index (χ0v) is 22.9. The smallest absolute Gasteiger partial charge is 0.269 e. The summed E-state index contributed by atoms with van der Waals surface area (Å²) >= 11 is 1.32. The number of carbonyl (C=O) groups excluding carboxylic acids is 1. The average molecular weight is 548 g/mol. The number of nitro groups is 1. The minimum Gasteiger partial charge on any atom is -0.292 e. The molecular weight excluding hydrogens is 522 g/mol. The molecule has 198 valence electrons. The van der Waals surface area contributed by atoms with E-state index in [9.17, 15) is 14.9 Å². The molecule has 0 aliphatic carbocycles. The van der Waals surface area contributed by atoms with Gasteiger partial charge in [-0.25, -0.2) is 10.0 Å². The van der Waals surface area contributed by atoms with Crippen molar-refractivity contribution in [2.45, 2.75) is 25.8 Å². The molecule has 0 unspecified atom stereocenters. The van der Waals surface area contributed by atoms with E-state index in [4.69, 9.17) is 10.2 Å². The molecule has 2 heterocycles. The largest absolute Gasteiger partial charge is 0.292 e. The lowest BCUT2D eigenvalue weighted by Gasteiger charge is -2.47. The van der Waals surface area contributed by atoms with E-state index in [-0.39, 0.29) is 11.5 Å². The van der Waals surface area contributed by atoms with Gasteiger partial charge in [-0.15, -0.1) is 0 Å². The van der Waals surface area contributed by atoms with Gasteiger partial charge in [0.2, 0.25) is 4.99 Å². The van der Waals surface area contributed by atoms with Crippen molar-refractivity contribution >= 4 is 45.4 Å². The Bertz CT molecular complexity index is 1720. The normalized spacial score (nSPS) is 17.9. The van der Waals surface area contributed by atoms with Crippen LogP contribution in [0.3, 0.4) is 0 Å². The monoisotopic (exact) mass is 547 g/mol. The van der Waals surface area contributed by atoms with Crippen LogP contribution in [0.15, 0.2) is 107 Å². The highest BCUT2D eigenvalue weighted by molar-refractivity contribution is 8.17. The number of benzene rings is 4. The molecule has 0 fully saturated rings. The van der Waals surface area contributed by atoms with E-state index < -0.39 is 9.92 Å². The number of carbonyl (C=O) groups is 1. The van der Waals surface area contributed by atoms with Crippen LogP contribution < -0.4 is 10.0 Å². The molecule has 0 saturated carbocycles. The number of hydrazone groups is 2. The van der Waals surface area contributed by atoms with Crippen LogP contribution in [0.4, 0.5) is 17.1 Å². The van der Waals surface area contributed by atoms with Gasteiger partial charge in [-0.3, -0.25) is 14.9 Å². The molecule has 2 aliphatic rings. The van der Waals surface area contributed by atoms with Crippen LogP contribution in [0, 0.1) is 24.0 Å². The fraction of sp³-hybridized carbons (Fsp3) is 0.129. The average Bonchev–Trinajstić information content (AvgIpc) is 3.37. The molecule has 1 spiro atoms. The van der Waals surface area contributed by atoms with Crippen molar-refractivity contribution in [3.63, 3.8) is 0 Å². The van der Waals surface area contributed by atoms with Crippen LogP contribution >= 0.6 is 11.8 Å². The number of hydrogen-bond donors (Lipinski definition) is 0. The van der Waals surface area contributed by atoms with Crippen LogP contribution in [-0.4, -0.2) is 21.5 Å². The van der Waals surface area contributed by atoms with Gasteiger partial charge in [-0.1, -0.05) is 60.2 Å². The first kappa shape index (κ1) is 25.5. The number of aryl methyl sites for hydroxylation is 2. The van der Waals surface area contributed by atoms with Gasteiger partial charge < -0.3 is 0 Å². The Kier molecular flexibility index (Phi) is 6.23. The standard InChI is InChI=1S/C31H25N5O3S/c1-20-13-14-21(2)27(19-20)29-26-11-7-8-12-28(26)31(34(32-29)23-9-5-4-6-10-23)35(33-30(40-31)22(3)37)24-15-17-25(18-16-24)36(38)39/h4-19H,1-3H3/t31-/m0/s1. The molecule has 6 rings (SSSR count). The summed E-state index contributed by atoms with van der Waals surface area (Å²) in [5, 5.41) is 25.5. The SMILES string of the molecule is CC(=O)C1=NN(c2ccc([N+](=O)[O-])cc2)[C@]2(S1)c1ccccc1C(c1cc(C)ccc1C)=NN2c1ccccc1. The Morgan fingerprint density at radius 3 is 2.17 bits per heavy atom. The molecule has 4 aromatic carbocycles. The van der Waals surface area contributed by atoms with Gasteiger partial charge in [-0.05, 0) is 61.5 Å². The number of hydrogen-bond acceptors (Lipinski definition) is 8. The highest BCUT2D eigenvalue weighted by atomic mass is 32.2. The van der Waals surface area contributed by atoms with Crippen molar-refractivity contribution in [2.24, 2.45) is 10.2 Å². The van der Waals surface area contributed by atoms with Gasteiger partial charge in [0.15, 0.2) is 10.8 Å². The topological polar surface area (TPSA) is 91.4 Å². The predicted molar refractivity (Wildman–Crippen MR) is 160 cm³/mol. The fourth-order valence-corrected chi connectivity index (χ4v) is 6.34. The van der Waals surface area contributed by atoms with Gasteiger partial charge in [0.1, 0.15) is 0 Å². The number of non-ortho nitro benzene ring substituents is 1. The first-order valence-corrected chi connectivity index (χ1v) is 13.6. The van der Waals surface area contributed by atoms with E-state index in [0.29, 0.717) is 10.7 Å². The Labute approximate surface area is 235 Å². The van der Waals surface area contributed by atoms with Crippen LogP contribution in [0.1, 0.15) is 34.7 Å². The van der Waals surface area contributed by atoms with E-state index in [2.05, 4.69) is 32.0 Å². The summed E-state index contributed by atoms with van der Waals surface area (Å²) in [6.07, 6.45) is 0. The highest BCUT2D eigenvalue weighted by Crippen LogP contribution is 2.55. The molecule has 1 atom stereocenters. The lowest BCUT2D eigenvalue weighted by atomic mass is 9.90. The minimum atomic E-state index is -1.11. The Morgan fingerprint density at radius 1 is 0.825 bits per heavy atom. The maximum absolute atomic E-state index is 12.8. The van der Waals surface area contributed by atoms with Crippen LogP contribution in [0.2, 0.25) is 0 Å². The van der Waals surface area contributed by atoms with Crippen LogP contribution in [0.5, 0.6) is 0 Å². The summed E-state index contributed by atoms with van der Waals surface area (Å²) in [7, 11) is 0.